The van der Waals surface area contributed by atoms with E-state index in [1.54, 1.807) is 4.68 Å². The maximum absolute atomic E-state index is 12.1. The van der Waals surface area contributed by atoms with E-state index in [0.717, 1.165) is 48.6 Å². The van der Waals surface area contributed by atoms with Crippen molar-refractivity contribution >= 4 is 22.6 Å². The van der Waals surface area contributed by atoms with Crippen LogP contribution in [-0.4, -0.2) is 26.8 Å². The minimum Gasteiger partial charge on any atom is -0.474 e. The normalized spacial score (nSPS) is 17.3. The van der Waals surface area contributed by atoms with Crippen LogP contribution in [0.1, 0.15) is 54.9 Å². The van der Waals surface area contributed by atoms with Gasteiger partial charge in [-0.15, -0.1) is 0 Å². The first-order chi connectivity index (χ1) is 13.6. The Labute approximate surface area is 162 Å². The molecular weight excluding hydrogens is 354 g/mol. The maximum atomic E-state index is 12.1. The van der Waals surface area contributed by atoms with E-state index in [2.05, 4.69) is 10.1 Å². The number of hydrogen-bond donors (Lipinski definition) is 2. The number of carbonyl (C=O) groups excluding carboxylic acids is 1. The number of hydrogen-bond acceptors (Lipinski definition) is 5. The van der Waals surface area contributed by atoms with E-state index in [-0.39, 0.29) is 6.04 Å². The quantitative estimate of drug-likeness (QED) is 0.708. The predicted molar refractivity (Wildman–Crippen MR) is 107 cm³/mol. The molecule has 1 aromatic carbocycles. The van der Waals surface area contributed by atoms with Gasteiger partial charge < -0.3 is 16.2 Å². The molecule has 28 heavy (non-hydrogen) atoms. The Hall–Kier alpha value is -3.09. The summed E-state index contributed by atoms with van der Waals surface area (Å²) in [6.07, 6.45) is 6.91. The third kappa shape index (κ3) is 2.78. The smallest absolute Gasteiger partial charge is 0.254 e. The molecule has 7 heteroatoms. The summed E-state index contributed by atoms with van der Waals surface area (Å²) in [6.45, 7) is 0. The molecule has 0 unspecified atom stereocenters. The molecule has 0 atom stereocenters. The molecule has 7 nitrogen and oxygen atoms in total. The minimum atomic E-state index is -0.555. The first kappa shape index (κ1) is 17.0. The Kier molecular flexibility index (Phi) is 3.96. The van der Waals surface area contributed by atoms with E-state index in [1.807, 2.05) is 30.3 Å². The number of rotatable bonds is 5. The van der Waals surface area contributed by atoms with Crippen molar-refractivity contribution in [3.05, 3.63) is 35.9 Å². The lowest BCUT2D eigenvalue weighted by Crippen LogP contribution is -2.24. The van der Waals surface area contributed by atoms with Crippen molar-refractivity contribution in [2.24, 2.45) is 5.73 Å². The summed E-state index contributed by atoms with van der Waals surface area (Å²) >= 11 is 0. The summed E-state index contributed by atoms with van der Waals surface area (Å²) in [4.78, 5) is 16.7. The monoisotopic (exact) mass is 377 g/mol. The fourth-order valence-electron chi connectivity index (χ4n) is 3.78. The molecule has 2 aliphatic carbocycles. The van der Waals surface area contributed by atoms with Crippen molar-refractivity contribution < 1.29 is 9.53 Å². The first-order valence-electron chi connectivity index (χ1n) is 9.86. The Morgan fingerprint density at radius 3 is 2.54 bits per heavy atom. The number of nitrogens with zero attached hydrogens (tertiary/aromatic N) is 3. The number of nitrogens with two attached hydrogens (primary N) is 2. The van der Waals surface area contributed by atoms with Crippen molar-refractivity contribution in [2.45, 2.75) is 50.7 Å². The topological polar surface area (TPSA) is 109 Å². The molecule has 144 valence electrons. The fraction of sp³-hybridized carbons (Fsp3) is 0.381. The van der Waals surface area contributed by atoms with E-state index in [1.165, 1.54) is 6.42 Å². The highest BCUT2D eigenvalue weighted by molar-refractivity contribution is 6.04. The third-order valence-electron chi connectivity index (χ3n) is 5.89. The Morgan fingerprint density at radius 1 is 1.11 bits per heavy atom. The molecule has 0 aliphatic heterocycles. The molecule has 1 amide bonds. The SMILES string of the molecule is NC(=O)c1c(-c2ccc3nc(OC4CCC4)ccc3c2)nn(C2CCC2)c1N. The van der Waals surface area contributed by atoms with Crippen LogP contribution in [0.2, 0.25) is 0 Å². The van der Waals surface area contributed by atoms with Crippen LogP contribution in [0.3, 0.4) is 0 Å². The molecule has 0 spiro atoms. The molecule has 2 aromatic heterocycles. The van der Waals surface area contributed by atoms with Crippen molar-refractivity contribution in [1.29, 1.82) is 0 Å². The standard InChI is InChI=1S/C21H23N5O2/c22-20-18(21(23)27)19(25-26(20)14-3-1-4-14)13-7-9-16-12(11-13)8-10-17(24-16)28-15-5-2-6-15/h7-11,14-15H,1-6,22H2,(H2,23,27). The van der Waals surface area contributed by atoms with Gasteiger partial charge in [-0.2, -0.15) is 5.10 Å². The lowest BCUT2D eigenvalue weighted by molar-refractivity contribution is 0.100. The van der Waals surface area contributed by atoms with Crippen LogP contribution in [0.15, 0.2) is 30.3 Å². The zero-order valence-electron chi connectivity index (χ0n) is 15.6. The van der Waals surface area contributed by atoms with Crippen molar-refractivity contribution in [2.75, 3.05) is 5.73 Å². The van der Waals surface area contributed by atoms with Crippen molar-refractivity contribution in [3.8, 4) is 17.1 Å². The third-order valence-corrected chi connectivity index (χ3v) is 5.89. The van der Waals surface area contributed by atoms with Gasteiger partial charge in [-0.1, -0.05) is 6.07 Å². The van der Waals surface area contributed by atoms with Gasteiger partial charge >= 0.3 is 0 Å². The van der Waals surface area contributed by atoms with Crippen molar-refractivity contribution in [1.82, 2.24) is 14.8 Å². The van der Waals surface area contributed by atoms with Crippen LogP contribution >= 0.6 is 0 Å². The van der Waals surface area contributed by atoms with Gasteiger partial charge in [-0.25, -0.2) is 9.67 Å². The number of primary amides is 1. The largest absolute Gasteiger partial charge is 0.474 e. The number of benzene rings is 1. The highest BCUT2D eigenvalue weighted by Crippen LogP contribution is 2.37. The summed E-state index contributed by atoms with van der Waals surface area (Å²) in [7, 11) is 0. The van der Waals surface area contributed by atoms with Crippen LogP contribution in [0.25, 0.3) is 22.2 Å². The number of amides is 1. The van der Waals surface area contributed by atoms with Crippen LogP contribution in [-0.2, 0) is 0 Å². The van der Waals surface area contributed by atoms with Gasteiger partial charge in [-0.3, -0.25) is 4.79 Å². The van der Waals surface area contributed by atoms with Gasteiger partial charge in [-0.05, 0) is 56.7 Å². The van der Waals surface area contributed by atoms with Gasteiger partial charge in [0.25, 0.3) is 5.91 Å². The van der Waals surface area contributed by atoms with Crippen LogP contribution < -0.4 is 16.2 Å². The second-order valence-electron chi connectivity index (χ2n) is 7.73. The molecule has 0 bridgehead atoms. The van der Waals surface area contributed by atoms with Crippen LogP contribution in [0.5, 0.6) is 5.88 Å². The fourth-order valence-corrected chi connectivity index (χ4v) is 3.78. The average molecular weight is 377 g/mol. The van der Waals surface area contributed by atoms with E-state index in [4.69, 9.17) is 16.2 Å². The first-order valence-corrected chi connectivity index (χ1v) is 9.86. The number of carbonyl (C=O) groups is 1. The van der Waals surface area contributed by atoms with Gasteiger partial charge in [0, 0.05) is 17.0 Å². The molecule has 3 aromatic rings. The van der Waals surface area contributed by atoms with Gasteiger partial charge in [0.1, 0.15) is 23.2 Å². The number of fused-ring (bicyclic) bond motifs is 1. The predicted octanol–water partition coefficient (Wildman–Crippen LogP) is 3.44. The summed E-state index contributed by atoms with van der Waals surface area (Å²) < 4.78 is 7.64. The summed E-state index contributed by atoms with van der Waals surface area (Å²) in [5.74, 6) is 0.455. The molecule has 2 saturated carbocycles. The molecule has 0 saturated heterocycles. The molecule has 4 N–H and O–H groups in total. The highest BCUT2D eigenvalue weighted by atomic mass is 16.5. The summed E-state index contributed by atoms with van der Waals surface area (Å²) in [5.41, 5.74) is 14.3. The van der Waals surface area contributed by atoms with Gasteiger partial charge in [0.2, 0.25) is 5.88 Å². The molecule has 5 rings (SSSR count). The molecule has 0 radical (unpaired) electrons. The molecule has 2 aliphatic rings. The Balaban J connectivity index is 1.53. The lowest BCUT2D eigenvalue weighted by atomic mass is 9.93. The van der Waals surface area contributed by atoms with Crippen LogP contribution in [0.4, 0.5) is 5.82 Å². The lowest BCUT2D eigenvalue weighted by Gasteiger charge is -2.26. The minimum absolute atomic E-state index is 0.250. The Bertz CT molecular complexity index is 1070. The molecule has 2 fully saturated rings. The van der Waals surface area contributed by atoms with Crippen molar-refractivity contribution in [3.63, 3.8) is 0 Å². The van der Waals surface area contributed by atoms with E-state index < -0.39 is 5.91 Å². The van der Waals surface area contributed by atoms with Gasteiger partial charge in [0.05, 0.1) is 11.6 Å². The molecule has 2 heterocycles. The zero-order valence-corrected chi connectivity index (χ0v) is 15.6. The summed E-state index contributed by atoms with van der Waals surface area (Å²) in [6, 6.07) is 9.91. The van der Waals surface area contributed by atoms with E-state index in [0.29, 0.717) is 29.1 Å². The van der Waals surface area contributed by atoms with E-state index in [9.17, 15) is 4.79 Å². The second kappa shape index (κ2) is 6.51. The van der Waals surface area contributed by atoms with Crippen LogP contribution in [0, 0.1) is 0 Å². The molecular formula is C21H23N5O2. The average Bonchev–Trinajstić information content (AvgIpc) is 2.93. The number of pyridine rings is 1. The van der Waals surface area contributed by atoms with Gasteiger partial charge in [0.15, 0.2) is 0 Å². The highest BCUT2D eigenvalue weighted by Gasteiger charge is 2.28. The maximum Gasteiger partial charge on any atom is 0.254 e. The summed E-state index contributed by atoms with van der Waals surface area (Å²) in [5, 5.41) is 5.60. The Morgan fingerprint density at radius 2 is 1.89 bits per heavy atom. The number of nitrogen functional groups attached to an aromatic ring is 1. The van der Waals surface area contributed by atoms with E-state index >= 15 is 0 Å². The zero-order chi connectivity index (χ0) is 19.3. The number of aromatic nitrogens is 3. The second-order valence-corrected chi connectivity index (χ2v) is 7.73. The number of anilines is 1. The number of ether oxygens (including phenoxy) is 1.